The highest BCUT2D eigenvalue weighted by atomic mass is 32.1. The van der Waals surface area contributed by atoms with E-state index in [4.69, 9.17) is 4.74 Å². The van der Waals surface area contributed by atoms with Gasteiger partial charge >= 0.3 is 6.09 Å². The Hall–Kier alpha value is -2.70. The van der Waals surface area contributed by atoms with Crippen LogP contribution in [-0.4, -0.2) is 22.3 Å². The number of aliphatic hydroxyl groups excluding tert-OH is 1. The van der Waals surface area contributed by atoms with Crippen LogP contribution in [0.2, 0.25) is 0 Å². The number of alkyl carbamates (subject to hydrolysis) is 1. The number of amides is 1. The third-order valence-corrected chi connectivity index (χ3v) is 5.32. The number of aliphatic hydroxyl groups is 1. The molecule has 1 amide bonds. The number of hydrogen-bond acceptors (Lipinski definition) is 5. The molecule has 0 bridgehead atoms. The Bertz CT molecular complexity index is 841. The molecule has 1 heterocycles. The molecule has 3 rings (SSSR count). The number of aryl methyl sites for hydroxylation is 1. The molecular formula is C23H26N2O3S. The average molecular weight is 411 g/mol. The molecule has 0 saturated heterocycles. The molecule has 6 heteroatoms. The van der Waals surface area contributed by atoms with Crippen molar-refractivity contribution in [3.8, 4) is 0 Å². The molecule has 0 saturated carbocycles. The van der Waals surface area contributed by atoms with Gasteiger partial charge in [-0.2, -0.15) is 0 Å². The van der Waals surface area contributed by atoms with E-state index in [0.717, 1.165) is 24.1 Å². The monoisotopic (exact) mass is 410 g/mol. The van der Waals surface area contributed by atoms with E-state index in [1.165, 1.54) is 16.9 Å². The number of rotatable bonds is 10. The Morgan fingerprint density at radius 2 is 1.83 bits per heavy atom. The fourth-order valence-corrected chi connectivity index (χ4v) is 3.72. The van der Waals surface area contributed by atoms with Crippen LogP contribution < -0.4 is 5.32 Å². The van der Waals surface area contributed by atoms with E-state index >= 15 is 0 Å². The summed E-state index contributed by atoms with van der Waals surface area (Å²) >= 11 is 1.46. The van der Waals surface area contributed by atoms with Crippen molar-refractivity contribution < 1.29 is 14.6 Å². The van der Waals surface area contributed by atoms with Gasteiger partial charge in [-0.25, -0.2) is 9.78 Å². The Balaban J connectivity index is 1.51. The first-order valence-corrected chi connectivity index (χ1v) is 10.7. The third-order valence-electron chi connectivity index (χ3n) is 4.68. The van der Waals surface area contributed by atoms with E-state index in [0.29, 0.717) is 12.8 Å². The van der Waals surface area contributed by atoms with Crippen molar-refractivity contribution in [1.29, 1.82) is 0 Å². The van der Waals surface area contributed by atoms with Gasteiger partial charge in [0, 0.05) is 5.38 Å². The van der Waals surface area contributed by atoms with Gasteiger partial charge in [0.15, 0.2) is 0 Å². The summed E-state index contributed by atoms with van der Waals surface area (Å²) in [6.45, 7) is 0.135. The van der Waals surface area contributed by atoms with E-state index in [-0.39, 0.29) is 12.6 Å². The maximum absolute atomic E-state index is 12.3. The highest BCUT2D eigenvalue weighted by Crippen LogP contribution is 2.21. The van der Waals surface area contributed by atoms with Crippen molar-refractivity contribution in [1.82, 2.24) is 10.3 Å². The molecule has 0 aliphatic heterocycles. The molecule has 2 N–H and O–H groups in total. The van der Waals surface area contributed by atoms with Crippen molar-refractivity contribution in [3.63, 3.8) is 0 Å². The zero-order chi connectivity index (χ0) is 20.3. The smallest absolute Gasteiger partial charge is 0.408 e. The quantitative estimate of drug-likeness (QED) is 0.499. The van der Waals surface area contributed by atoms with Crippen LogP contribution in [0, 0.1) is 0 Å². The largest absolute Gasteiger partial charge is 0.443 e. The van der Waals surface area contributed by atoms with Crippen molar-refractivity contribution in [2.75, 3.05) is 0 Å². The number of benzene rings is 2. The van der Waals surface area contributed by atoms with Crippen LogP contribution in [0.15, 0.2) is 71.6 Å². The average Bonchev–Trinajstić information content (AvgIpc) is 3.27. The van der Waals surface area contributed by atoms with Crippen LogP contribution in [0.5, 0.6) is 0 Å². The zero-order valence-corrected chi connectivity index (χ0v) is 17.1. The van der Waals surface area contributed by atoms with Crippen molar-refractivity contribution in [2.24, 2.45) is 0 Å². The molecular weight excluding hydrogens is 384 g/mol. The Morgan fingerprint density at radius 3 is 2.52 bits per heavy atom. The predicted molar refractivity (Wildman–Crippen MR) is 115 cm³/mol. The fraction of sp³-hybridized carbons (Fsp3) is 0.304. The SMILES string of the molecule is O=C(NC(CC(O)CCCc1ccccc1)c1ccccc1)OCc1cscn1. The Labute approximate surface area is 175 Å². The maximum Gasteiger partial charge on any atom is 0.408 e. The molecule has 2 aromatic carbocycles. The van der Waals surface area contributed by atoms with E-state index < -0.39 is 12.2 Å². The van der Waals surface area contributed by atoms with Gasteiger partial charge < -0.3 is 15.2 Å². The highest BCUT2D eigenvalue weighted by Gasteiger charge is 2.19. The predicted octanol–water partition coefficient (Wildman–Crippen LogP) is 4.88. The summed E-state index contributed by atoms with van der Waals surface area (Å²) < 4.78 is 5.27. The van der Waals surface area contributed by atoms with Gasteiger partial charge in [-0.05, 0) is 36.8 Å². The molecule has 3 aromatic rings. The summed E-state index contributed by atoms with van der Waals surface area (Å²) in [7, 11) is 0. The van der Waals surface area contributed by atoms with Crippen LogP contribution in [0.4, 0.5) is 4.79 Å². The molecule has 0 aliphatic carbocycles. The summed E-state index contributed by atoms with van der Waals surface area (Å²) in [5, 5.41) is 15.3. The molecule has 0 aliphatic rings. The summed E-state index contributed by atoms with van der Waals surface area (Å²) in [5.41, 5.74) is 4.64. The molecule has 29 heavy (non-hydrogen) atoms. The van der Waals surface area contributed by atoms with Gasteiger partial charge in [0.2, 0.25) is 0 Å². The van der Waals surface area contributed by atoms with E-state index in [9.17, 15) is 9.90 Å². The molecule has 0 spiro atoms. The number of carbonyl (C=O) groups is 1. The number of aromatic nitrogens is 1. The third kappa shape index (κ3) is 7.33. The molecule has 2 atom stereocenters. The summed E-state index contributed by atoms with van der Waals surface area (Å²) in [6.07, 6.45) is 1.90. The lowest BCUT2D eigenvalue weighted by Gasteiger charge is -2.22. The van der Waals surface area contributed by atoms with Crippen LogP contribution in [0.1, 0.15) is 42.1 Å². The second-order valence-electron chi connectivity index (χ2n) is 6.93. The van der Waals surface area contributed by atoms with Crippen molar-refractivity contribution in [2.45, 2.75) is 44.4 Å². The second kappa shape index (κ2) is 11.3. The number of carbonyl (C=O) groups excluding carboxylic acids is 1. The molecule has 5 nitrogen and oxygen atoms in total. The van der Waals surface area contributed by atoms with Crippen molar-refractivity contribution in [3.05, 3.63) is 88.4 Å². The van der Waals surface area contributed by atoms with Gasteiger partial charge in [0.05, 0.1) is 23.4 Å². The molecule has 1 aromatic heterocycles. The van der Waals surface area contributed by atoms with E-state index in [1.54, 1.807) is 5.51 Å². The summed E-state index contributed by atoms with van der Waals surface area (Å²) in [5.74, 6) is 0. The first kappa shape index (κ1) is 21.0. The minimum absolute atomic E-state index is 0.135. The first-order valence-electron chi connectivity index (χ1n) is 9.78. The fourth-order valence-electron chi connectivity index (χ4n) is 3.17. The Morgan fingerprint density at radius 1 is 1.10 bits per heavy atom. The first-order chi connectivity index (χ1) is 14.2. The number of ether oxygens (including phenoxy) is 1. The molecule has 2 unspecified atom stereocenters. The minimum Gasteiger partial charge on any atom is -0.443 e. The van der Waals surface area contributed by atoms with E-state index in [2.05, 4.69) is 22.4 Å². The molecule has 152 valence electrons. The van der Waals surface area contributed by atoms with Gasteiger partial charge in [-0.3, -0.25) is 0 Å². The molecule has 0 radical (unpaired) electrons. The van der Waals surface area contributed by atoms with Gasteiger partial charge in [-0.15, -0.1) is 11.3 Å². The lowest BCUT2D eigenvalue weighted by molar-refractivity contribution is 0.117. The number of thiazole rings is 1. The van der Waals surface area contributed by atoms with Gasteiger partial charge in [0.25, 0.3) is 0 Å². The van der Waals surface area contributed by atoms with Crippen molar-refractivity contribution >= 4 is 17.4 Å². The van der Waals surface area contributed by atoms with Gasteiger partial charge in [-0.1, -0.05) is 60.7 Å². The normalized spacial score (nSPS) is 12.9. The number of hydrogen-bond donors (Lipinski definition) is 2. The topological polar surface area (TPSA) is 71.5 Å². The minimum atomic E-state index is -0.511. The zero-order valence-electron chi connectivity index (χ0n) is 16.2. The molecule has 0 fully saturated rings. The second-order valence-corrected chi connectivity index (χ2v) is 7.65. The highest BCUT2D eigenvalue weighted by molar-refractivity contribution is 7.07. The summed E-state index contributed by atoms with van der Waals surface area (Å²) in [4.78, 5) is 16.4. The standard InChI is InChI=1S/C23H26N2O3S/c26-21(13-7-10-18-8-3-1-4-9-18)14-22(19-11-5-2-6-12-19)25-23(27)28-15-20-16-29-17-24-20/h1-6,8-9,11-12,16-17,21-22,26H,7,10,13-15H2,(H,25,27). The van der Waals surface area contributed by atoms with E-state index in [1.807, 2.05) is 53.9 Å². The van der Waals surface area contributed by atoms with Crippen LogP contribution in [-0.2, 0) is 17.8 Å². The van der Waals surface area contributed by atoms with Crippen LogP contribution in [0.3, 0.4) is 0 Å². The maximum atomic E-state index is 12.3. The summed E-state index contributed by atoms with van der Waals surface area (Å²) in [6, 6.07) is 19.6. The number of nitrogens with zero attached hydrogens (tertiary/aromatic N) is 1. The Kier molecular flexibility index (Phi) is 8.22. The lowest BCUT2D eigenvalue weighted by Crippen LogP contribution is -2.31. The van der Waals surface area contributed by atoms with Crippen LogP contribution >= 0.6 is 11.3 Å². The van der Waals surface area contributed by atoms with Gasteiger partial charge in [0.1, 0.15) is 6.61 Å². The van der Waals surface area contributed by atoms with Crippen LogP contribution in [0.25, 0.3) is 0 Å². The lowest BCUT2D eigenvalue weighted by atomic mass is 9.97. The number of nitrogens with one attached hydrogen (secondary N) is 1.